The second-order valence-electron chi connectivity index (χ2n) is 5.79. The van der Waals surface area contributed by atoms with E-state index in [0.717, 1.165) is 4.90 Å². The highest BCUT2D eigenvalue weighted by Gasteiger charge is 2.39. The SMILES string of the molecule is C=CCN1C(=O)/C(=C2\Sc3cccc(F)c3N2C)SC1=Nc1ccncc1. The van der Waals surface area contributed by atoms with Crippen molar-refractivity contribution in [3.63, 3.8) is 0 Å². The summed E-state index contributed by atoms with van der Waals surface area (Å²) >= 11 is 2.69. The number of para-hydroxylation sites is 1. The van der Waals surface area contributed by atoms with Gasteiger partial charge in [0.1, 0.15) is 10.7 Å². The maximum absolute atomic E-state index is 14.2. The Kier molecular flexibility index (Phi) is 4.75. The van der Waals surface area contributed by atoms with Gasteiger partial charge in [-0.1, -0.05) is 23.9 Å². The van der Waals surface area contributed by atoms with Crippen molar-refractivity contribution in [2.45, 2.75) is 4.90 Å². The molecule has 1 saturated heterocycles. The quantitative estimate of drug-likeness (QED) is 0.567. The minimum atomic E-state index is -0.304. The maximum Gasteiger partial charge on any atom is 0.269 e. The molecule has 0 atom stereocenters. The fourth-order valence-corrected chi connectivity index (χ4v) is 5.18. The second-order valence-corrected chi connectivity index (χ2v) is 7.80. The van der Waals surface area contributed by atoms with Gasteiger partial charge >= 0.3 is 0 Å². The van der Waals surface area contributed by atoms with Crippen LogP contribution in [-0.2, 0) is 4.79 Å². The van der Waals surface area contributed by atoms with Crippen LogP contribution in [0.15, 0.2) is 75.2 Å². The van der Waals surface area contributed by atoms with Crippen molar-refractivity contribution in [2.75, 3.05) is 18.5 Å². The molecule has 0 saturated carbocycles. The van der Waals surface area contributed by atoms with Gasteiger partial charge in [0.05, 0.1) is 16.4 Å². The van der Waals surface area contributed by atoms with Gasteiger partial charge in [-0.05, 0) is 36.0 Å². The van der Waals surface area contributed by atoms with Gasteiger partial charge < -0.3 is 4.90 Å². The summed E-state index contributed by atoms with van der Waals surface area (Å²) < 4.78 is 14.2. The molecule has 27 heavy (non-hydrogen) atoms. The number of fused-ring (bicyclic) bond motifs is 1. The number of aromatic nitrogens is 1. The minimum Gasteiger partial charge on any atom is -0.335 e. The first-order valence-electron chi connectivity index (χ1n) is 8.14. The molecule has 136 valence electrons. The van der Waals surface area contributed by atoms with Gasteiger partial charge in [0.15, 0.2) is 5.17 Å². The predicted molar refractivity (Wildman–Crippen MR) is 109 cm³/mol. The summed E-state index contributed by atoms with van der Waals surface area (Å²) in [5, 5.41) is 1.28. The number of amides is 1. The largest absolute Gasteiger partial charge is 0.335 e. The number of rotatable bonds is 3. The molecule has 1 amide bonds. The van der Waals surface area contributed by atoms with Gasteiger partial charge in [0.25, 0.3) is 5.91 Å². The van der Waals surface area contributed by atoms with Crippen LogP contribution >= 0.6 is 23.5 Å². The molecule has 0 unspecified atom stereocenters. The molecule has 2 aromatic rings. The van der Waals surface area contributed by atoms with Crippen molar-refractivity contribution in [3.05, 3.63) is 71.1 Å². The fraction of sp³-hybridized carbons (Fsp3) is 0.105. The zero-order valence-corrected chi connectivity index (χ0v) is 16.1. The van der Waals surface area contributed by atoms with Crippen molar-refractivity contribution < 1.29 is 9.18 Å². The lowest BCUT2D eigenvalue weighted by Crippen LogP contribution is -2.29. The Labute approximate surface area is 164 Å². The normalized spacial score (nSPS) is 20.5. The van der Waals surface area contributed by atoms with Gasteiger partial charge in [-0.3, -0.25) is 14.7 Å². The fourth-order valence-electron chi connectivity index (χ4n) is 2.81. The molecule has 8 heteroatoms. The van der Waals surface area contributed by atoms with Crippen LogP contribution in [0.25, 0.3) is 0 Å². The van der Waals surface area contributed by atoms with Crippen LogP contribution in [0.4, 0.5) is 15.8 Å². The van der Waals surface area contributed by atoms with Crippen LogP contribution < -0.4 is 4.90 Å². The summed E-state index contributed by atoms with van der Waals surface area (Å²) in [5.41, 5.74) is 1.20. The monoisotopic (exact) mass is 398 g/mol. The predicted octanol–water partition coefficient (Wildman–Crippen LogP) is 4.38. The number of hydrogen-bond acceptors (Lipinski definition) is 6. The maximum atomic E-state index is 14.2. The molecule has 0 bridgehead atoms. The molecule has 2 aliphatic rings. The van der Waals surface area contributed by atoms with E-state index < -0.39 is 0 Å². The molecule has 1 fully saturated rings. The van der Waals surface area contributed by atoms with Crippen molar-refractivity contribution in [3.8, 4) is 0 Å². The molecule has 1 aromatic carbocycles. The highest BCUT2D eigenvalue weighted by molar-refractivity contribution is 8.19. The lowest BCUT2D eigenvalue weighted by molar-refractivity contribution is -0.121. The summed E-state index contributed by atoms with van der Waals surface area (Å²) in [7, 11) is 1.77. The van der Waals surface area contributed by atoms with E-state index in [2.05, 4.69) is 16.6 Å². The first kappa shape index (κ1) is 17.8. The van der Waals surface area contributed by atoms with Gasteiger partial charge in [0, 0.05) is 30.9 Å². The number of hydrogen-bond donors (Lipinski definition) is 0. The van der Waals surface area contributed by atoms with Gasteiger partial charge in [-0.25, -0.2) is 9.38 Å². The Morgan fingerprint density at radius 3 is 2.74 bits per heavy atom. The van der Waals surface area contributed by atoms with E-state index >= 15 is 0 Å². The van der Waals surface area contributed by atoms with Crippen LogP contribution in [-0.4, -0.2) is 34.6 Å². The summed E-state index contributed by atoms with van der Waals surface area (Å²) in [5.74, 6) is -0.461. The van der Waals surface area contributed by atoms with Crippen LogP contribution in [0.3, 0.4) is 0 Å². The molecule has 3 heterocycles. The third-order valence-electron chi connectivity index (χ3n) is 4.05. The second kappa shape index (κ2) is 7.21. The minimum absolute atomic E-state index is 0.157. The third kappa shape index (κ3) is 3.15. The number of nitrogens with zero attached hydrogens (tertiary/aromatic N) is 4. The zero-order chi connectivity index (χ0) is 19.0. The molecular formula is C19H15FN4OS2. The zero-order valence-electron chi connectivity index (χ0n) is 14.4. The lowest BCUT2D eigenvalue weighted by Gasteiger charge is -2.15. The van der Waals surface area contributed by atoms with Crippen molar-refractivity contribution in [1.82, 2.24) is 9.88 Å². The van der Waals surface area contributed by atoms with Crippen LogP contribution in [0, 0.1) is 5.82 Å². The number of amidine groups is 1. The van der Waals surface area contributed by atoms with Gasteiger partial charge in [0.2, 0.25) is 0 Å². The van der Waals surface area contributed by atoms with E-state index in [1.807, 2.05) is 6.07 Å². The van der Waals surface area contributed by atoms with E-state index in [9.17, 15) is 9.18 Å². The Bertz CT molecular complexity index is 990. The summed E-state index contributed by atoms with van der Waals surface area (Å²) in [4.78, 5) is 26.2. The average molecular weight is 398 g/mol. The molecular weight excluding hydrogens is 383 g/mol. The van der Waals surface area contributed by atoms with Gasteiger partial charge in [-0.15, -0.1) is 6.58 Å². The van der Waals surface area contributed by atoms with E-state index in [1.165, 1.54) is 29.6 Å². The van der Waals surface area contributed by atoms with E-state index in [4.69, 9.17) is 0 Å². The Morgan fingerprint density at radius 1 is 1.26 bits per heavy atom. The van der Waals surface area contributed by atoms with E-state index in [-0.39, 0.29) is 11.7 Å². The number of carbonyl (C=O) groups is 1. The topological polar surface area (TPSA) is 48.8 Å². The molecule has 0 spiro atoms. The first-order valence-corrected chi connectivity index (χ1v) is 9.77. The number of carbonyl (C=O) groups excluding carboxylic acids is 1. The number of benzene rings is 1. The lowest BCUT2D eigenvalue weighted by atomic mass is 10.3. The molecule has 0 N–H and O–H groups in total. The van der Waals surface area contributed by atoms with E-state index in [0.29, 0.717) is 33.0 Å². The number of halogens is 1. The number of pyridine rings is 1. The van der Waals surface area contributed by atoms with Gasteiger partial charge in [-0.2, -0.15) is 0 Å². The standard InChI is InChI=1S/C19H15FN4OS2/c1-3-11-24-17(25)16(27-19(24)22-12-7-9-21-10-8-12)18-23(2)15-13(20)5-4-6-14(15)26-18/h3-10H,1,11H2,2H3/b18-16+,22-19?. The summed E-state index contributed by atoms with van der Waals surface area (Å²) in [6.07, 6.45) is 4.96. The average Bonchev–Trinajstić information content (AvgIpc) is 3.15. The molecule has 4 rings (SSSR count). The first-order chi connectivity index (χ1) is 13.1. The smallest absolute Gasteiger partial charge is 0.269 e. The Hall–Kier alpha value is -2.58. The van der Waals surface area contributed by atoms with E-state index in [1.54, 1.807) is 53.5 Å². The van der Waals surface area contributed by atoms with Crippen LogP contribution in [0.2, 0.25) is 0 Å². The Balaban J connectivity index is 1.76. The highest BCUT2D eigenvalue weighted by Crippen LogP contribution is 2.50. The molecule has 2 aliphatic heterocycles. The molecule has 5 nitrogen and oxygen atoms in total. The van der Waals surface area contributed by atoms with Crippen LogP contribution in [0.1, 0.15) is 0 Å². The summed E-state index contributed by atoms with van der Waals surface area (Å²) in [6, 6.07) is 8.50. The van der Waals surface area contributed by atoms with Crippen LogP contribution in [0.5, 0.6) is 0 Å². The number of anilines is 1. The summed E-state index contributed by atoms with van der Waals surface area (Å²) in [6.45, 7) is 4.08. The molecule has 0 aliphatic carbocycles. The van der Waals surface area contributed by atoms with Crippen molar-refractivity contribution >= 4 is 46.0 Å². The molecule has 1 aromatic heterocycles. The number of thioether (sulfide) groups is 2. The highest BCUT2D eigenvalue weighted by atomic mass is 32.2. The van der Waals surface area contributed by atoms with Crippen molar-refractivity contribution in [1.29, 1.82) is 0 Å². The Morgan fingerprint density at radius 2 is 2.04 bits per heavy atom. The van der Waals surface area contributed by atoms with Crippen molar-refractivity contribution in [2.24, 2.45) is 4.99 Å². The number of aliphatic imine (C=N–C) groups is 1. The third-order valence-corrected chi connectivity index (χ3v) is 6.47. The molecule has 0 radical (unpaired) electrons.